The molecule has 0 aliphatic carbocycles. The van der Waals surface area contributed by atoms with E-state index in [1.807, 2.05) is 0 Å². The molecule has 0 aliphatic rings. The van der Waals surface area contributed by atoms with Gasteiger partial charge in [-0.2, -0.15) is 0 Å². The van der Waals surface area contributed by atoms with Crippen LogP contribution in [0.25, 0.3) is 0 Å². The molecule has 0 aromatic heterocycles. The fraction of sp³-hybridized carbons (Fsp3) is 1.00. The van der Waals surface area contributed by atoms with Crippen LogP contribution >= 0.6 is 7.60 Å². The number of halogens is 2. The van der Waals surface area contributed by atoms with Crippen molar-refractivity contribution in [3.05, 3.63) is 0 Å². The molecule has 0 fully saturated rings. The Hall–Kier alpha value is 0.227. The molecule has 0 spiro atoms. The summed E-state index contributed by atoms with van der Waals surface area (Å²) in [5.41, 5.74) is 0. The smallest absolute Gasteiger partial charge is 0.255 e. The van der Waals surface area contributed by atoms with Gasteiger partial charge in [-0.15, -0.1) is 9.46 Å². The van der Waals surface area contributed by atoms with Crippen molar-refractivity contribution in [2.75, 3.05) is 5.79 Å². The monoisotopic (exact) mass is 204 g/mol. The van der Waals surface area contributed by atoms with Crippen LogP contribution in [0.1, 0.15) is 0 Å². The van der Waals surface area contributed by atoms with E-state index in [-0.39, 0.29) is 5.79 Å². The highest BCUT2D eigenvalue weighted by Gasteiger charge is 2.34. The van der Waals surface area contributed by atoms with E-state index in [0.29, 0.717) is 0 Å². The van der Waals surface area contributed by atoms with Crippen LogP contribution in [0.3, 0.4) is 0 Å². The second kappa shape index (κ2) is 3.76. The van der Waals surface area contributed by atoms with Gasteiger partial charge in [-0.25, -0.2) is 0 Å². The minimum atomic E-state index is -4.07. The molecule has 0 aromatic carbocycles. The average molecular weight is 204 g/mol. The quantitative estimate of drug-likeness (QED) is 0.521. The third-order valence-corrected chi connectivity index (χ3v) is 6.64. The maximum Gasteiger partial charge on any atom is 0.392 e. The van der Waals surface area contributed by atoms with Gasteiger partial charge in [0.15, 0.2) is 0 Å². The van der Waals surface area contributed by atoms with Crippen molar-refractivity contribution in [1.29, 1.82) is 0 Å². The van der Waals surface area contributed by atoms with Gasteiger partial charge in [0.1, 0.15) is 0 Å². The molecule has 0 aromatic rings. The summed E-state index contributed by atoms with van der Waals surface area (Å²) in [6, 6.07) is 0. The van der Waals surface area contributed by atoms with Gasteiger partial charge >= 0.3 is 7.60 Å². The van der Waals surface area contributed by atoms with Crippen LogP contribution in [0.15, 0.2) is 0 Å². The molecular formula is C4H11F2O3PSi. The lowest BCUT2D eigenvalue weighted by Gasteiger charge is -2.17. The van der Waals surface area contributed by atoms with Crippen LogP contribution in [-0.4, -0.2) is 13.9 Å². The standard InChI is InChI=1S/C4H11F2O3PSi/c1-11(2,3)4-10(7,8-5)9-6/h4H2,1-3H3. The predicted octanol–water partition coefficient (Wildman–Crippen LogP) is 2.86. The summed E-state index contributed by atoms with van der Waals surface area (Å²) in [5, 5.41) is 0. The topological polar surface area (TPSA) is 35.5 Å². The van der Waals surface area contributed by atoms with Crippen molar-refractivity contribution < 1.29 is 23.1 Å². The van der Waals surface area contributed by atoms with E-state index >= 15 is 0 Å². The first-order chi connectivity index (χ1) is 4.83. The van der Waals surface area contributed by atoms with Gasteiger partial charge in [-0.3, -0.25) is 4.57 Å². The second-order valence-electron chi connectivity index (χ2n) is 3.47. The lowest BCUT2D eigenvalue weighted by Crippen LogP contribution is -2.26. The summed E-state index contributed by atoms with van der Waals surface area (Å²) in [6.07, 6.45) is 0. The minimum Gasteiger partial charge on any atom is -0.255 e. The molecule has 0 heterocycles. The number of rotatable bonds is 4. The van der Waals surface area contributed by atoms with Crippen molar-refractivity contribution in [2.45, 2.75) is 19.6 Å². The molecule has 0 atom stereocenters. The zero-order valence-electron chi connectivity index (χ0n) is 6.63. The average Bonchev–Trinajstić information content (AvgIpc) is 1.84. The molecule has 0 bridgehead atoms. The van der Waals surface area contributed by atoms with Crippen molar-refractivity contribution in [1.82, 2.24) is 0 Å². The number of hydrogen-bond donors (Lipinski definition) is 0. The molecule has 68 valence electrons. The van der Waals surface area contributed by atoms with Gasteiger partial charge in [0.2, 0.25) is 0 Å². The van der Waals surface area contributed by atoms with Crippen molar-refractivity contribution in [3.8, 4) is 0 Å². The molecule has 0 saturated carbocycles. The molecule has 11 heavy (non-hydrogen) atoms. The third kappa shape index (κ3) is 4.63. The van der Waals surface area contributed by atoms with E-state index in [1.54, 1.807) is 19.6 Å². The summed E-state index contributed by atoms with van der Waals surface area (Å²) in [4.78, 5) is 0. The maximum atomic E-state index is 11.5. The first-order valence-corrected chi connectivity index (χ1v) is 8.46. The molecule has 0 radical (unpaired) electrons. The fourth-order valence-corrected chi connectivity index (χ4v) is 5.70. The molecule has 7 heteroatoms. The zero-order chi connectivity index (χ0) is 9.12. The maximum absolute atomic E-state index is 11.5. The molecule has 0 saturated heterocycles. The Balaban J connectivity index is 4.21. The van der Waals surface area contributed by atoms with Gasteiger partial charge in [0.05, 0.1) is 8.07 Å². The normalized spacial score (nSPS) is 13.5. The Kier molecular flexibility index (Phi) is 3.83. The molecule has 3 nitrogen and oxygen atoms in total. The highest BCUT2D eigenvalue weighted by molar-refractivity contribution is 7.56. The molecule has 0 N–H and O–H groups in total. The summed E-state index contributed by atoms with van der Waals surface area (Å²) >= 11 is 0. The molecule has 0 aliphatic heterocycles. The van der Waals surface area contributed by atoms with E-state index in [9.17, 15) is 13.6 Å². The van der Waals surface area contributed by atoms with E-state index in [0.717, 1.165) is 0 Å². The lowest BCUT2D eigenvalue weighted by atomic mass is 11.8. The van der Waals surface area contributed by atoms with E-state index < -0.39 is 15.7 Å². The molecular weight excluding hydrogens is 193 g/mol. The van der Waals surface area contributed by atoms with Crippen molar-refractivity contribution in [3.63, 3.8) is 0 Å². The lowest BCUT2D eigenvalue weighted by molar-refractivity contribution is -0.0862. The Bertz CT molecular complexity index is 161. The largest absolute Gasteiger partial charge is 0.392 e. The van der Waals surface area contributed by atoms with Gasteiger partial charge in [0, 0.05) is 5.79 Å². The molecule has 0 rings (SSSR count). The summed E-state index contributed by atoms with van der Waals surface area (Å²) < 4.78 is 39.7. The predicted molar refractivity (Wildman–Crippen MR) is 40.2 cm³/mol. The highest BCUT2D eigenvalue weighted by atomic mass is 31.2. The van der Waals surface area contributed by atoms with E-state index in [1.165, 1.54) is 0 Å². The Morgan fingerprint density at radius 3 is 1.73 bits per heavy atom. The van der Waals surface area contributed by atoms with Crippen LogP contribution in [0, 0.1) is 0 Å². The van der Waals surface area contributed by atoms with Gasteiger partial charge in [-0.05, 0) is 9.05 Å². The third-order valence-electron chi connectivity index (χ3n) is 0.878. The van der Waals surface area contributed by atoms with Crippen LogP contribution in [0.4, 0.5) is 9.05 Å². The summed E-state index contributed by atoms with van der Waals surface area (Å²) in [7, 11) is -5.90. The Morgan fingerprint density at radius 2 is 1.64 bits per heavy atom. The highest BCUT2D eigenvalue weighted by Crippen LogP contribution is 2.50. The Labute approximate surface area is 65.0 Å². The van der Waals surface area contributed by atoms with Gasteiger partial charge < -0.3 is 0 Å². The van der Waals surface area contributed by atoms with Gasteiger partial charge in [-0.1, -0.05) is 19.6 Å². The Morgan fingerprint density at radius 1 is 1.27 bits per heavy atom. The summed E-state index contributed by atoms with van der Waals surface area (Å²) in [6.45, 7) is 5.41. The van der Waals surface area contributed by atoms with Crippen molar-refractivity contribution >= 4 is 15.7 Å². The fourth-order valence-electron chi connectivity index (χ4n) is 0.640. The zero-order valence-corrected chi connectivity index (χ0v) is 8.53. The first-order valence-electron chi connectivity index (χ1n) is 3.03. The molecule has 0 amide bonds. The summed E-state index contributed by atoms with van der Waals surface area (Å²) in [5.74, 6) is -0.160. The minimum absolute atomic E-state index is 0.160. The first kappa shape index (κ1) is 11.2. The van der Waals surface area contributed by atoms with Crippen molar-refractivity contribution in [2.24, 2.45) is 0 Å². The van der Waals surface area contributed by atoms with Crippen LogP contribution in [-0.2, 0) is 14.0 Å². The molecule has 0 unspecified atom stereocenters. The van der Waals surface area contributed by atoms with Gasteiger partial charge in [0.25, 0.3) is 0 Å². The van der Waals surface area contributed by atoms with E-state index in [4.69, 9.17) is 0 Å². The van der Waals surface area contributed by atoms with Crippen LogP contribution in [0.2, 0.25) is 19.6 Å². The SMILES string of the molecule is C[Si](C)(C)CP(=O)(OF)OF. The van der Waals surface area contributed by atoms with E-state index in [2.05, 4.69) is 9.46 Å². The van der Waals surface area contributed by atoms with Crippen LogP contribution < -0.4 is 0 Å². The van der Waals surface area contributed by atoms with Crippen LogP contribution in [0.5, 0.6) is 0 Å². The number of hydrogen-bond acceptors (Lipinski definition) is 3. The second-order valence-corrected chi connectivity index (χ2v) is 11.4.